The van der Waals surface area contributed by atoms with Crippen LogP contribution in [0.4, 0.5) is 0 Å². The van der Waals surface area contributed by atoms with Gasteiger partial charge in [0.05, 0.1) is 0 Å². The maximum Gasteiger partial charge on any atom is 0.222 e. The molecule has 1 saturated carbocycles. The van der Waals surface area contributed by atoms with E-state index >= 15 is 0 Å². The first-order valence-corrected chi connectivity index (χ1v) is 7.80. The fraction of sp³-hybridized carbons (Fsp3) is 0.588. The van der Waals surface area contributed by atoms with Crippen LogP contribution < -0.4 is 5.73 Å². The van der Waals surface area contributed by atoms with Crippen LogP contribution in [0.15, 0.2) is 30.3 Å². The summed E-state index contributed by atoms with van der Waals surface area (Å²) in [4.78, 5) is 14.4. The second kappa shape index (κ2) is 5.96. The predicted molar refractivity (Wildman–Crippen MR) is 80.3 cm³/mol. The zero-order chi connectivity index (χ0) is 13.9. The van der Waals surface area contributed by atoms with E-state index in [1.165, 1.54) is 24.8 Å². The minimum atomic E-state index is 0.339. The molecule has 0 unspecified atom stereocenters. The number of rotatable bonds is 4. The Morgan fingerprint density at radius 3 is 2.55 bits per heavy atom. The van der Waals surface area contributed by atoms with E-state index in [4.69, 9.17) is 5.73 Å². The monoisotopic (exact) mass is 272 g/mol. The Kier molecular flexibility index (Phi) is 4.06. The Morgan fingerprint density at radius 2 is 1.95 bits per heavy atom. The van der Waals surface area contributed by atoms with E-state index in [1.54, 1.807) is 0 Å². The van der Waals surface area contributed by atoms with Gasteiger partial charge in [-0.25, -0.2) is 0 Å². The second-order valence-electron chi connectivity index (χ2n) is 6.31. The van der Waals surface area contributed by atoms with Crippen LogP contribution in [0.3, 0.4) is 0 Å². The van der Waals surface area contributed by atoms with Crippen LogP contribution in [0.25, 0.3) is 0 Å². The van der Waals surface area contributed by atoms with Crippen molar-refractivity contribution in [3.63, 3.8) is 0 Å². The maximum absolute atomic E-state index is 12.4. The van der Waals surface area contributed by atoms with E-state index < -0.39 is 0 Å². The zero-order valence-electron chi connectivity index (χ0n) is 12.0. The normalized spacial score (nSPS) is 26.6. The Morgan fingerprint density at radius 1 is 1.20 bits per heavy atom. The van der Waals surface area contributed by atoms with Crippen LogP contribution in [-0.2, 0) is 4.79 Å². The van der Waals surface area contributed by atoms with Crippen LogP contribution in [-0.4, -0.2) is 30.4 Å². The largest absolute Gasteiger partial charge is 0.342 e. The minimum absolute atomic E-state index is 0.339. The summed E-state index contributed by atoms with van der Waals surface area (Å²) in [5, 5.41) is 0. The average Bonchev–Trinajstić information content (AvgIpc) is 2.88. The van der Waals surface area contributed by atoms with Crippen molar-refractivity contribution in [2.75, 3.05) is 19.6 Å². The van der Waals surface area contributed by atoms with E-state index in [0.717, 1.165) is 19.5 Å². The maximum atomic E-state index is 12.4. The molecular weight excluding hydrogens is 248 g/mol. The van der Waals surface area contributed by atoms with Crippen molar-refractivity contribution in [1.29, 1.82) is 0 Å². The van der Waals surface area contributed by atoms with Crippen LogP contribution in [0.2, 0.25) is 0 Å². The number of carbonyl (C=O) groups is 1. The first-order chi connectivity index (χ1) is 9.78. The summed E-state index contributed by atoms with van der Waals surface area (Å²) in [6.45, 7) is 2.34. The van der Waals surface area contributed by atoms with Gasteiger partial charge < -0.3 is 10.6 Å². The molecule has 1 aromatic carbocycles. The Hall–Kier alpha value is -1.35. The topological polar surface area (TPSA) is 46.3 Å². The van der Waals surface area contributed by atoms with Crippen LogP contribution >= 0.6 is 0 Å². The quantitative estimate of drug-likeness (QED) is 0.914. The van der Waals surface area contributed by atoms with Crippen molar-refractivity contribution in [3.05, 3.63) is 35.9 Å². The summed E-state index contributed by atoms with van der Waals surface area (Å²) < 4.78 is 0. The van der Waals surface area contributed by atoms with Crippen LogP contribution in [0.1, 0.15) is 37.2 Å². The van der Waals surface area contributed by atoms with E-state index in [-0.39, 0.29) is 0 Å². The summed E-state index contributed by atoms with van der Waals surface area (Å²) in [5.74, 6) is 1.80. The van der Waals surface area contributed by atoms with Crippen molar-refractivity contribution in [1.82, 2.24) is 4.90 Å². The standard InChI is InChI=1S/C17H24N2O/c18-10-15-11-19(17(20)9-13-5-4-6-13)12-16(15)14-7-2-1-3-8-14/h1-3,7-8,13,15-16H,4-6,9-12,18H2/t15-,16+/m1/s1. The number of benzene rings is 1. The molecule has 1 amide bonds. The van der Waals surface area contributed by atoms with Gasteiger partial charge in [0.25, 0.3) is 0 Å². The number of amides is 1. The molecule has 0 spiro atoms. The molecule has 1 aromatic rings. The molecular formula is C17H24N2O. The molecule has 1 aliphatic carbocycles. The molecule has 2 atom stereocenters. The molecule has 3 rings (SSSR count). The van der Waals surface area contributed by atoms with Gasteiger partial charge in [0, 0.05) is 25.4 Å². The van der Waals surface area contributed by atoms with E-state index in [2.05, 4.69) is 24.3 Å². The number of nitrogens with zero attached hydrogens (tertiary/aromatic N) is 1. The average molecular weight is 272 g/mol. The lowest BCUT2D eigenvalue weighted by molar-refractivity contribution is -0.131. The number of hydrogen-bond donors (Lipinski definition) is 1. The molecule has 1 aliphatic heterocycles. The number of likely N-dealkylation sites (tertiary alicyclic amines) is 1. The van der Waals surface area contributed by atoms with Crippen LogP contribution in [0.5, 0.6) is 0 Å². The summed E-state index contributed by atoms with van der Waals surface area (Å²) in [6.07, 6.45) is 4.53. The molecule has 1 saturated heterocycles. The summed E-state index contributed by atoms with van der Waals surface area (Å²) in [7, 11) is 0. The van der Waals surface area contributed by atoms with Gasteiger partial charge in [0.2, 0.25) is 5.91 Å². The highest BCUT2D eigenvalue weighted by Crippen LogP contribution is 2.34. The smallest absolute Gasteiger partial charge is 0.222 e. The molecule has 3 heteroatoms. The summed E-state index contributed by atoms with van der Waals surface area (Å²) in [5.41, 5.74) is 7.25. The molecule has 2 fully saturated rings. The van der Waals surface area contributed by atoms with Gasteiger partial charge in [0.15, 0.2) is 0 Å². The molecule has 108 valence electrons. The van der Waals surface area contributed by atoms with Crippen molar-refractivity contribution in [2.24, 2.45) is 17.6 Å². The Balaban J connectivity index is 1.66. The highest BCUT2D eigenvalue weighted by molar-refractivity contribution is 5.77. The Labute approximate surface area is 121 Å². The highest BCUT2D eigenvalue weighted by atomic mass is 16.2. The van der Waals surface area contributed by atoms with Crippen LogP contribution in [0, 0.1) is 11.8 Å². The first-order valence-electron chi connectivity index (χ1n) is 7.80. The van der Waals surface area contributed by atoms with Crippen molar-refractivity contribution < 1.29 is 4.79 Å². The first kappa shape index (κ1) is 13.6. The molecule has 0 radical (unpaired) electrons. The third-order valence-corrected chi connectivity index (χ3v) is 5.01. The summed E-state index contributed by atoms with van der Waals surface area (Å²) >= 11 is 0. The van der Waals surface area contributed by atoms with E-state index in [9.17, 15) is 4.79 Å². The van der Waals surface area contributed by atoms with E-state index in [0.29, 0.717) is 30.2 Å². The van der Waals surface area contributed by atoms with Gasteiger partial charge in [0.1, 0.15) is 0 Å². The van der Waals surface area contributed by atoms with E-state index in [1.807, 2.05) is 11.0 Å². The molecule has 1 heterocycles. The molecule has 2 aliphatic rings. The molecule has 0 bridgehead atoms. The third kappa shape index (κ3) is 2.73. The fourth-order valence-corrected chi connectivity index (χ4v) is 3.46. The van der Waals surface area contributed by atoms with Gasteiger partial charge in [-0.05, 0) is 36.8 Å². The number of hydrogen-bond acceptors (Lipinski definition) is 2. The molecule has 0 aromatic heterocycles. The predicted octanol–water partition coefficient (Wildman–Crippen LogP) is 2.38. The third-order valence-electron chi connectivity index (χ3n) is 5.01. The Bertz CT molecular complexity index is 455. The van der Waals surface area contributed by atoms with Gasteiger partial charge in [-0.15, -0.1) is 0 Å². The lowest BCUT2D eigenvalue weighted by Gasteiger charge is -2.27. The van der Waals surface area contributed by atoms with Gasteiger partial charge >= 0.3 is 0 Å². The fourth-order valence-electron chi connectivity index (χ4n) is 3.46. The number of nitrogens with two attached hydrogens (primary N) is 1. The molecule has 20 heavy (non-hydrogen) atoms. The number of carbonyl (C=O) groups excluding carboxylic acids is 1. The molecule has 3 nitrogen and oxygen atoms in total. The van der Waals surface area contributed by atoms with Gasteiger partial charge in [-0.1, -0.05) is 36.8 Å². The lowest BCUT2D eigenvalue weighted by Crippen LogP contribution is -2.32. The zero-order valence-corrected chi connectivity index (χ0v) is 12.0. The summed E-state index contributed by atoms with van der Waals surface area (Å²) in [6, 6.07) is 10.5. The van der Waals surface area contributed by atoms with Crippen molar-refractivity contribution in [3.8, 4) is 0 Å². The highest BCUT2D eigenvalue weighted by Gasteiger charge is 2.36. The van der Waals surface area contributed by atoms with Crippen molar-refractivity contribution in [2.45, 2.75) is 31.6 Å². The minimum Gasteiger partial charge on any atom is -0.342 e. The second-order valence-corrected chi connectivity index (χ2v) is 6.31. The van der Waals surface area contributed by atoms with Crippen molar-refractivity contribution >= 4 is 5.91 Å². The SMILES string of the molecule is NC[C@@H]1CN(C(=O)CC2CCC2)C[C@H]1c1ccccc1. The van der Waals surface area contributed by atoms with Gasteiger partial charge in [-0.2, -0.15) is 0 Å². The van der Waals surface area contributed by atoms with Gasteiger partial charge in [-0.3, -0.25) is 4.79 Å². The molecule has 2 N–H and O–H groups in total. The lowest BCUT2D eigenvalue weighted by atomic mass is 9.83.